The van der Waals surface area contributed by atoms with Crippen molar-refractivity contribution in [2.45, 2.75) is 26.8 Å². The number of anilines is 1. The first-order valence-corrected chi connectivity index (χ1v) is 10.3. The summed E-state index contributed by atoms with van der Waals surface area (Å²) in [4.78, 5) is 16.5. The fourth-order valence-electron chi connectivity index (χ4n) is 2.70. The summed E-state index contributed by atoms with van der Waals surface area (Å²) in [5, 5.41) is 9.35. The molecule has 1 amide bonds. The van der Waals surface area contributed by atoms with Crippen molar-refractivity contribution < 1.29 is 14.3 Å². The average Bonchev–Trinajstić information content (AvgIpc) is 2.76. The molecular weight excluding hydrogens is 507 g/mol. The Balaban J connectivity index is 0.00000480. The molecule has 0 aliphatic rings. The monoisotopic (exact) mass is 540 g/mol. The van der Waals surface area contributed by atoms with Crippen molar-refractivity contribution in [3.05, 3.63) is 59.7 Å². The van der Waals surface area contributed by atoms with Crippen LogP contribution in [0, 0.1) is 0 Å². The Morgan fingerprint density at radius 2 is 1.74 bits per heavy atom. The first kappa shape index (κ1) is 26.7. The zero-order chi connectivity index (χ0) is 21.6. The molecule has 3 N–H and O–H groups in total. The van der Waals surface area contributed by atoms with E-state index in [1.807, 2.05) is 62.4 Å². The predicted molar refractivity (Wildman–Crippen MR) is 137 cm³/mol. The number of halogens is 1. The van der Waals surface area contributed by atoms with E-state index in [9.17, 15) is 4.79 Å². The normalized spacial score (nSPS) is 10.7. The fourth-order valence-corrected chi connectivity index (χ4v) is 2.70. The number of methoxy groups -OCH3 is 1. The predicted octanol–water partition coefficient (Wildman–Crippen LogP) is 4.05. The molecule has 8 heteroatoms. The first-order chi connectivity index (χ1) is 14.7. The number of rotatable bonds is 11. The van der Waals surface area contributed by atoms with Gasteiger partial charge in [-0.2, -0.15) is 0 Å². The molecule has 2 aromatic carbocycles. The molecule has 0 fully saturated rings. The van der Waals surface area contributed by atoms with Crippen LogP contribution in [-0.4, -0.2) is 45.3 Å². The molecule has 0 spiro atoms. The highest BCUT2D eigenvalue weighted by atomic mass is 127. The van der Waals surface area contributed by atoms with Crippen molar-refractivity contribution in [2.75, 3.05) is 38.7 Å². The second-order valence-corrected chi connectivity index (χ2v) is 6.60. The number of amides is 1. The summed E-state index contributed by atoms with van der Waals surface area (Å²) in [5.74, 6) is 1.42. The fraction of sp³-hybridized carbons (Fsp3) is 0.391. The van der Waals surface area contributed by atoms with Gasteiger partial charge in [0.2, 0.25) is 0 Å². The lowest BCUT2D eigenvalue weighted by atomic mass is 10.1. The van der Waals surface area contributed by atoms with E-state index < -0.39 is 0 Å². The van der Waals surface area contributed by atoms with Crippen LogP contribution in [0.15, 0.2) is 53.5 Å². The first-order valence-electron chi connectivity index (χ1n) is 10.3. The number of aliphatic imine (C=N–C) groups is 1. The van der Waals surface area contributed by atoms with Crippen LogP contribution in [0.4, 0.5) is 5.69 Å². The Morgan fingerprint density at radius 3 is 2.42 bits per heavy atom. The van der Waals surface area contributed by atoms with Gasteiger partial charge in [-0.3, -0.25) is 4.79 Å². The number of ether oxygens (including phenoxy) is 2. The van der Waals surface area contributed by atoms with Crippen LogP contribution in [-0.2, 0) is 11.3 Å². The van der Waals surface area contributed by atoms with Crippen LogP contribution in [0.25, 0.3) is 0 Å². The molecule has 0 aliphatic heterocycles. The van der Waals surface area contributed by atoms with E-state index in [-0.39, 0.29) is 29.9 Å². The average molecular weight is 540 g/mol. The summed E-state index contributed by atoms with van der Waals surface area (Å²) >= 11 is 0. The summed E-state index contributed by atoms with van der Waals surface area (Å²) in [6.07, 6.45) is 0.844. The van der Waals surface area contributed by atoms with Crippen molar-refractivity contribution >= 4 is 41.5 Å². The van der Waals surface area contributed by atoms with Crippen LogP contribution < -0.4 is 20.7 Å². The van der Waals surface area contributed by atoms with Gasteiger partial charge in [-0.1, -0.05) is 18.2 Å². The topological polar surface area (TPSA) is 84.0 Å². The van der Waals surface area contributed by atoms with E-state index in [2.05, 4.69) is 20.9 Å². The molecule has 170 valence electrons. The summed E-state index contributed by atoms with van der Waals surface area (Å²) in [7, 11) is 1.68. The maximum absolute atomic E-state index is 11.9. The molecule has 0 saturated heterocycles. The Hall–Kier alpha value is -2.33. The summed E-state index contributed by atoms with van der Waals surface area (Å²) in [5.41, 5.74) is 2.57. The second-order valence-electron chi connectivity index (χ2n) is 6.60. The highest BCUT2D eigenvalue weighted by Crippen LogP contribution is 2.17. The molecule has 0 radical (unpaired) electrons. The third kappa shape index (κ3) is 10.0. The van der Waals surface area contributed by atoms with Crippen LogP contribution in [0.1, 0.15) is 36.2 Å². The van der Waals surface area contributed by atoms with Crippen molar-refractivity contribution in [1.82, 2.24) is 10.6 Å². The van der Waals surface area contributed by atoms with E-state index in [0.29, 0.717) is 37.8 Å². The minimum absolute atomic E-state index is 0. The molecule has 0 aromatic heterocycles. The van der Waals surface area contributed by atoms with Crippen molar-refractivity contribution in [3.8, 4) is 5.75 Å². The molecule has 0 unspecified atom stereocenters. The second kappa shape index (κ2) is 15.5. The van der Waals surface area contributed by atoms with E-state index in [1.54, 1.807) is 7.11 Å². The van der Waals surface area contributed by atoms with Gasteiger partial charge in [0.25, 0.3) is 5.91 Å². The van der Waals surface area contributed by atoms with Gasteiger partial charge in [0.05, 0.1) is 13.2 Å². The van der Waals surface area contributed by atoms with Gasteiger partial charge >= 0.3 is 0 Å². The molecule has 0 aliphatic carbocycles. The highest BCUT2D eigenvalue weighted by molar-refractivity contribution is 14.0. The number of carbonyl (C=O) groups is 1. The molecule has 0 atom stereocenters. The van der Waals surface area contributed by atoms with Gasteiger partial charge in [-0.15, -0.1) is 24.0 Å². The lowest BCUT2D eigenvalue weighted by molar-refractivity contribution is 0.0956. The summed E-state index contributed by atoms with van der Waals surface area (Å²) in [6, 6.07) is 15.3. The summed E-state index contributed by atoms with van der Waals surface area (Å²) < 4.78 is 10.8. The minimum Gasteiger partial charge on any atom is -0.493 e. The molecule has 2 aromatic rings. The lowest BCUT2D eigenvalue weighted by Crippen LogP contribution is -2.30. The number of nitrogens with zero attached hydrogens (tertiary/aromatic N) is 1. The molecule has 31 heavy (non-hydrogen) atoms. The van der Waals surface area contributed by atoms with Gasteiger partial charge in [-0.25, -0.2) is 4.99 Å². The van der Waals surface area contributed by atoms with E-state index >= 15 is 0 Å². The van der Waals surface area contributed by atoms with Crippen molar-refractivity contribution in [3.63, 3.8) is 0 Å². The Morgan fingerprint density at radius 1 is 1.00 bits per heavy atom. The smallest absolute Gasteiger partial charge is 0.251 e. The Kier molecular flexibility index (Phi) is 13.3. The SMILES string of the molecule is CCNC(=O)c1ccc(CN=C(NCC)Nc2cccc(OCCCOC)c2)cc1.I. The lowest BCUT2D eigenvalue weighted by Gasteiger charge is -2.13. The minimum atomic E-state index is -0.0631. The van der Waals surface area contributed by atoms with Gasteiger partial charge in [-0.05, 0) is 43.7 Å². The van der Waals surface area contributed by atoms with E-state index in [1.165, 1.54) is 0 Å². The number of hydrogen-bond donors (Lipinski definition) is 3. The van der Waals surface area contributed by atoms with Crippen molar-refractivity contribution in [2.24, 2.45) is 4.99 Å². The van der Waals surface area contributed by atoms with Crippen LogP contribution in [0.2, 0.25) is 0 Å². The highest BCUT2D eigenvalue weighted by Gasteiger charge is 2.05. The zero-order valence-electron chi connectivity index (χ0n) is 18.4. The van der Waals surface area contributed by atoms with E-state index in [4.69, 9.17) is 9.47 Å². The van der Waals surface area contributed by atoms with Gasteiger partial charge < -0.3 is 25.4 Å². The number of benzene rings is 2. The van der Waals surface area contributed by atoms with Gasteiger partial charge in [0.15, 0.2) is 5.96 Å². The number of guanidine groups is 1. The molecular formula is C23H33IN4O3. The quantitative estimate of drug-likeness (QED) is 0.174. The molecule has 2 rings (SSSR count). The molecule has 0 saturated carbocycles. The zero-order valence-corrected chi connectivity index (χ0v) is 20.8. The number of hydrogen-bond acceptors (Lipinski definition) is 4. The Bertz CT molecular complexity index is 813. The number of carbonyl (C=O) groups excluding carboxylic acids is 1. The maximum atomic E-state index is 11.9. The Labute approximate surface area is 202 Å². The number of nitrogens with one attached hydrogen (secondary N) is 3. The standard InChI is InChI=1S/C23H32N4O3.HI/c1-4-24-22(28)19-12-10-18(11-13-19)17-26-23(25-5-2)27-20-8-6-9-21(16-20)30-15-7-14-29-3;/h6,8-13,16H,4-5,7,14-15,17H2,1-3H3,(H,24,28)(H2,25,26,27);1H. The third-order valence-corrected chi connectivity index (χ3v) is 4.18. The van der Waals surface area contributed by atoms with Crippen LogP contribution >= 0.6 is 24.0 Å². The van der Waals surface area contributed by atoms with Gasteiger partial charge in [0, 0.05) is 50.5 Å². The molecule has 0 heterocycles. The van der Waals surface area contributed by atoms with Crippen molar-refractivity contribution in [1.29, 1.82) is 0 Å². The van der Waals surface area contributed by atoms with E-state index in [0.717, 1.165) is 30.0 Å². The molecule has 7 nitrogen and oxygen atoms in total. The summed E-state index contributed by atoms with van der Waals surface area (Å²) in [6.45, 7) is 7.07. The van der Waals surface area contributed by atoms with Crippen LogP contribution in [0.3, 0.4) is 0 Å². The van der Waals surface area contributed by atoms with Crippen LogP contribution in [0.5, 0.6) is 5.75 Å². The third-order valence-electron chi connectivity index (χ3n) is 4.18. The molecule has 0 bridgehead atoms. The maximum Gasteiger partial charge on any atom is 0.251 e. The largest absolute Gasteiger partial charge is 0.493 e. The van der Waals surface area contributed by atoms with Gasteiger partial charge in [0.1, 0.15) is 5.75 Å².